The van der Waals surface area contributed by atoms with E-state index in [9.17, 15) is 13.2 Å². The van der Waals surface area contributed by atoms with Gasteiger partial charge < -0.3 is 10.1 Å². The summed E-state index contributed by atoms with van der Waals surface area (Å²) < 4.78 is 33.4. The lowest BCUT2D eigenvalue weighted by Gasteiger charge is -2.24. The van der Waals surface area contributed by atoms with Crippen molar-refractivity contribution in [1.29, 1.82) is 0 Å². The van der Waals surface area contributed by atoms with Crippen molar-refractivity contribution in [3.63, 3.8) is 0 Å². The van der Waals surface area contributed by atoms with Crippen LogP contribution in [0.2, 0.25) is 0 Å². The van der Waals surface area contributed by atoms with Crippen LogP contribution in [0.3, 0.4) is 0 Å². The van der Waals surface area contributed by atoms with Gasteiger partial charge in [0, 0.05) is 17.0 Å². The topological polar surface area (TPSA) is 75.7 Å². The van der Waals surface area contributed by atoms with Crippen LogP contribution in [-0.4, -0.2) is 44.5 Å². The summed E-state index contributed by atoms with van der Waals surface area (Å²) in [6.07, 6.45) is 0. The number of thioether (sulfide) groups is 1. The predicted octanol–water partition coefficient (Wildman–Crippen LogP) is 4.24. The van der Waals surface area contributed by atoms with Gasteiger partial charge in [-0.15, -0.1) is 0 Å². The molecule has 2 aromatic carbocycles. The highest BCUT2D eigenvalue weighted by Crippen LogP contribution is 2.26. The molecule has 1 amide bonds. The molecule has 2 aromatic rings. The molecule has 0 heterocycles. The summed E-state index contributed by atoms with van der Waals surface area (Å²) in [7, 11) is -3.94. The van der Waals surface area contributed by atoms with Gasteiger partial charge >= 0.3 is 0 Å². The van der Waals surface area contributed by atoms with Gasteiger partial charge in [0.25, 0.3) is 10.0 Å². The Kier molecular flexibility index (Phi) is 8.82. The Labute approximate surface area is 190 Å². The van der Waals surface area contributed by atoms with Gasteiger partial charge in [-0.05, 0) is 50.2 Å². The molecule has 0 atom stereocenters. The number of anilines is 1. The van der Waals surface area contributed by atoms with Crippen LogP contribution in [0.4, 0.5) is 5.69 Å². The van der Waals surface area contributed by atoms with Gasteiger partial charge in [0.15, 0.2) is 0 Å². The van der Waals surface area contributed by atoms with Crippen LogP contribution in [-0.2, 0) is 14.8 Å². The Morgan fingerprint density at radius 3 is 2.23 bits per heavy atom. The number of sulfonamides is 1. The molecular formula is C23H32N2O4S2. The largest absolute Gasteiger partial charge is 0.494 e. The third-order valence-electron chi connectivity index (χ3n) is 4.29. The number of nitrogens with one attached hydrogen (secondary N) is 1. The minimum Gasteiger partial charge on any atom is -0.494 e. The summed E-state index contributed by atoms with van der Waals surface area (Å²) >= 11 is 1.74. The van der Waals surface area contributed by atoms with Gasteiger partial charge in [-0.1, -0.05) is 38.5 Å². The van der Waals surface area contributed by atoms with E-state index in [4.69, 9.17) is 4.74 Å². The van der Waals surface area contributed by atoms with Gasteiger partial charge in [0.05, 0.1) is 17.2 Å². The zero-order valence-corrected chi connectivity index (χ0v) is 20.5. The van der Waals surface area contributed by atoms with Crippen molar-refractivity contribution in [1.82, 2.24) is 5.32 Å². The summed E-state index contributed by atoms with van der Waals surface area (Å²) in [4.78, 5) is 12.7. The van der Waals surface area contributed by atoms with Crippen molar-refractivity contribution >= 4 is 33.4 Å². The van der Waals surface area contributed by atoms with Crippen LogP contribution < -0.4 is 14.4 Å². The van der Waals surface area contributed by atoms with Crippen LogP contribution in [0.25, 0.3) is 0 Å². The van der Waals surface area contributed by atoms with E-state index in [1.807, 2.05) is 26.0 Å². The quantitative estimate of drug-likeness (QED) is 0.533. The molecule has 6 nitrogen and oxygen atoms in total. The first-order valence-corrected chi connectivity index (χ1v) is 12.7. The molecule has 8 heteroatoms. The fourth-order valence-electron chi connectivity index (χ4n) is 2.76. The molecule has 0 spiro atoms. The highest BCUT2D eigenvalue weighted by Gasteiger charge is 2.27. The van der Waals surface area contributed by atoms with E-state index >= 15 is 0 Å². The van der Waals surface area contributed by atoms with Gasteiger partial charge in [-0.3, -0.25) is 9.10 Å². The SMILES string of the molecule is CCOc1ccc(S(=O)(=O)N(CC(=O)NCCSC(C)(C)C)c2ccc(C)cc2)cc1. The van der Waals surface area contributed by atoms with Gasteiger partial charge in [0.1, 0.15) is 12.3 Å². The zero-order chi connectivity index (χ0) is 23.1. The highest BCUT2D eigenvalue weighted by atomic mass is 32.2. The Bertz CT molecular complexity index is 951. The summed E-state index contributed by atoms with van der Waals surface area (Å²) in [5, 5.41) is 2.83. The number of amides is 1. The summed E-state index contributed by atoms with van der Waals surface area (Å²) in [5.74, 6) is 1.01. The van der Waals surface area contributed by atoms with E-state index in [1.165, 1.54) is 12.1 Å². The molecule has 1 N–H and O–H groups in total. The minimum atomic E-state index is -3.94. The number of rotatable bonds is 10. The Morgan fingerprint density at radius 1 is 1.06 bits per heavy atom. The fourth-order valence-corrected chi connectivity index (χ4v) is 5.00. The van der Waals surface area contributed by atoms with Crippen molar-refractivity contribution in [2.75, 3.05) is 29.8 Å². The molecule has 0 saturated heterocycles. The van der Waals surface area contributed by atoms with Crippen LogP contribution in [0.5, 0.6) is 5.75 Å². The molecule has 0 aliphatic heterocycles. The fraction of sp³-hybridized carbons (Fsp3) is 0.435. The maximum atomic E-state index is 13.4. The lowest BCUT2D eigenvalue weighted by atomic mass is 10.2. The molecule has 0 aromatic heterocycles. The summed E-state index contributed by atoms with van der Waals surface area (Å²) in [6, 6.07) is 13.3. The second-order valence-corrected chi connectivity index (χ2v) is 11.8. The first-order valence-electron chi connectivity index (χ1n) is 10.3. The van der Waals surface area contributed by atoms with E-state index in [-0.39, 0.29) is 22.1 Å². The van der Waals surface area contributed by atoms with Crippen molar-refractivity contribution in [2.24, 2.45) is 0 Å². The molecule has 0 unspecified atom stereocenters. The van der Waals surface area contributed by atoms with Gasteiger partial charge in [-0.25, -0.2) is 8.42 Å². The van der Waals surface area contributed by atoms with Crippen molar-refractivity contribution in [2.45, 2.75) is 44.3 Å². The van der Waals surface area contributed by atoms with Crippen molar-refractivity contribution < 1.29 is 17.9 Å². The maximum absolute atomic E-state index is 13.4. The number of carbonyl (C=O) groups excluding carboxylic acids is 1. The summed E-state index contributed by atoms with van der Waals surface area (Å²) in [6.45, 7) is 10.8. The second-order valence-electron chi connectivity index (χ2n) is 8.06. The Balaban J connectivity index is 2.22. The Morgan fingerprint density at radius 2 is 1.68 bits per heavy atom. The molecule has 0 bridgehead atoms. The predicted molar refractivity (Wildman–Crippen MR) is 129 cm³/mol. The van der Waals surface area contributed by atoms with Crippen molar-refractivity contribution in [3.8, 4) is 5.75 Å². The smallest absolute Gasteiger partial charge is 0.264 e. The lowest BCUT2D eigenvalue weighted by molar-refractivity contribution is -0.119. The van der Waals surface area contributed by atoms with E-state index < -0.39 is 10.0 Å². The number of benzene rings is 2. The molecule has 0 fully saturated rings. The van der Waals surface area contributed by atoms with E-state index in [0.29, 0.717) is 24.6 Å². The third-order valence-corrected chi connectivity index (χ3v) is 7.35. The molecule has 170 valence electrons. The molecule has 2 rings (SSSR count). The first-order chi connectivity index (χ1) is 14.5. The molecule has 0 saturated carbocycles. The Hall–Kier alpha value is -2.19. The van der Waals surface area contributed by atoms with E-state index in [2.05, 4.69) is 26.1 Å². The van der Waals surface area contributed by atoms with Crippen molar-refractivity contribution in [3.05, 3.63) is 54.1 Å². The monoisotopic (exact) mass is 464 g/mol. The molecule has 31 heavy (non-hydrogen) atoms. The van der Waals surface area contributed by atoms with Crippen LogP contribution >= 0.6 is 11.8 Å². The average molecular weight is 465 g/mol. The zero-order valence-electron chi connectivity index (χ0n) is 18.8. The maximum Gasteiger partial charge on any atom is 0.264 e. The van der Waals surface area contributed by atoms with Crippen LogP contribution in [0.1, 0.15) is 33.3 Å². The van der Waals surface area contributed by atoms with Gasteiger partial charge in [0.2, 0.25) is 5.91 Å². The van der Waals surface area contributed by atoms with Crippen LogP contribution in [0.15, 0.2) is 53.4 Å². The number of aryl methyl sites for hydroxylation is 1. The molecule has 0 aliphatic carbocycles. The number of hydrogen-bond donors (Lipinski definition) is 1. The number of carbonyl (C=O) groups is 1. The van der Waals surface area contributed by atoms with Crippen LogP contribution in [0, 0.1) is 6.92 Å². The highest BCUT2D eigenvalue weighted by molar-refractivity contribution is 8.00. The van der Waals surface area contributed by atoms with Gasteiger partial charge in [-0.2, -0.15) is 11.8 Å². The number of hydrogen-bond acceptors (Lipinski definition) is 5. The lowest BCUT2D eigenvalue weighted by Crippen LogP contribution is -2.41. The normalized spacial score (nSPS) is 11.8. The average Bonchev–Trinajstić information content (AvgIpc) is 2.70. The third kappa shape index (κ3) is 7.78. The standard InChI is InChI=1S/C23H32N2O4S2/c1-6-29-20-11-13-21(14-12-20)31(27,28)25(19-9-7-18(2)8-10-19)17-22(26)24-15-16-30-23(3,4)5/h7-14H,6,15-17H2,1-5H3,(H,24,26). The first kappa shape index (κ1) is 25.1. The molecule has 0 radical (unpaired) electrons. The molecular weight excluding hydrogens is 432 g/mol. The second kappa shape index (κ2) is 10.9. The van der Waals surface area contributed by atoms with E-state index in [1.54, 1.807) is 36.0 Å². The van der Waals surface area contributed by atoms with E-state index in [0.717, 1.165) is 15.6 Å². The summed E-state index contributed by atoms with van der Waals surface area (Å²) in [5.41, 5.74) is 1.45. The number of ether oxygens (including phenoxy) is 1. The molecule has 0 aliphatic rings. The minimum absolute atomic E-state index is 0.104. The number of nitrogens with zero attached hydrogens (tertiary/aromatic N) is 1.